The van der Waals surface area contributed by atoms with Crippen LogP contribution in [0.25, 0.3) is 0 Å². The van der Waals surface area contributed by atoms with Crippen LogP contribution in [0, 0.1) is 0 Å². The molecule has 0 radical (unpaired) electrons. The third-order valence-electron chi connectivity index (χ3n) is 4.84. The monoisotopic (exact) mass is 352 g/mol. The van der Waals surface area contributed by atoms with Crippen LogP contribution in [0.5, 0.6) is 0 Å². The standard InChI is InChI=1S/C18H28N2O3S/c1-4-16(5-2)19(3)18(21)15-10-9-11-17(14-15)24(22,23)20-12-7-6-8-13-20/h9-11,14,16H,4-8,12-13H2,1-3H3. The minimum absolute atomic E-state index is 0.126. The molecule has 1 aromatic carbocycles. The van der Waals surface area contributed by atoms with Crippen LogP contribution in [0.1, 0.15) is 56.3 Å². The summed E-state index contributed by atoms with van der Waals surface area (Å²) in [5.41, 5.74) is 0.433. The summed E-state index contributed by atoms with van der Waals surface area (Å²) in [7, 11) is -1.73. The first-order valence-corrected chi connectivity index (χ1v) is 10.2. The molecule has 0 N–H and O–H groups in total. The molecule has 0 spiro atoms. The van der Waals surface area contributed by atoms with Gasteiger partial charge in [-0.15, -0.1) is 0 Å². The normalized spacial score (nSPS) is 16.3. The zero-order valence-corrected chi connectivity index (χ0v) is 15.7. The summed E-state index contributed by atoms with van der Waals surface area (Å²) in [6.45, 7) is 5.23. The van der Waals surface area contributed by atoms with Crippen molar-refractivity contribution in [1.82, 2.24) is 9.21 Å². The molecule has 0 aromatic heterocycles. The molecule has 1 heterocycles. The Labute approximate surface area is 145 Å². The number of amides is 1. The van der Waals surface area contributed by atoms with E-state index in [0.717, 1.165) is 32.1 Å². The number of benzene rings is 1. The van der Waals surface area contributed by atoms with E-state index in [9.17, 15) is 13.2 Å². The molecule has 1 saturated heterocycles. The Kier molecular flexibility index (Phi) is 6.40. The number of sulfonamides is 1. The number of carbonyl (C=O) groups excluding carboxylic acids is 1. The number of hydrogen-bond donors (Lipinski definition) is 0. The van der Waals surface area contributed by atoms with Gasteiger partial charge in [0.25, 0.3) is 5.91 Å². The lowest BCUT2D eigenvalue weighted by atomic mass is 10.1. The maximum atomic E-state index is 12.8. The Hall–Kier alpha value is -1.40. The first-order chi connectivity index (χ1) is 11.4. The van der Waals surface area contributed by atoms with Crippen LogP contribution < -0.4 is 0 Å². The lowest BCUT2D eigenvalue weighted by molar-refractivity contribution is 0.0723. The quantitative estimate of drug-likeness (QED) is 0.790. The fourth-order valence-corrected chi connectivity index (χ4v) is 4.81. The van der Waals surface area contributed by atoms with Gasteiger partial charge in [0, 0.05) is 31.7 Å². The summed E-state index contributed by atoms with van der Waals surface area (Å²) in [6.07, 6.45) is 4.63. The molecule has 24 heavy (non-hydrogen) atoms. The summed E-state index contributed by atoms with van der Waals surface area (Å²) in [5.74, 6) is -0.126. The Morgan fingerprint density at radius 1 is 1.17 bits per heavy atom. The molecule has 1 aromatic rings. The van der Waals surface area contributed by atoms with Crippen molar-refractivity contribution >= 4 is 15.9 Å². The highest BCUT2D eigenvalue weighted by Gasteiger charge is 2.27. The fraction of sp³-hybridized carbons (Fsp3) is 0.611. The molecule has 0 bridgehead atoms. The Morgan fingerprint density at radius 2 is 1.79 bits per heavy atom. The van der Waals surface area contributed by atoms with E-state index in [2.05, 4.69) is 13.8 Å². The van der Waals surface area contributed by atoms with Crippen LogP contribution >= 0.6 is 0 Å². The zero-order valence-electron chi connectivity index (χ0n) is 14.9. The van der Waals surface area contributed by atoms with Crippen molar-refractivity contribution < 1.29 is 13.2 Å². The Bertz CT molecular complexity index is 663. The van der Waals surface area contributed by atoms with Crippen molar-refractivity contribution in [3.8, 4) is 0 Å². The third kappa shape index (κ3) is 3.98. The number of piperidine rings is 1. The van der Waals surface area contributed by atoms with E-state index in [4.69, 9.17) is 0 Å². The van der Waals surface area contributed by atoms with Crippen molar-refractivity contribution in [2.45, 2.75) is 56.9 Å². The molecule has 1 aliphatic heterocycles. The van der Waals surface area contributed by atoms with E-state index < -0.39 is 10.0 Å². The molecule has 0 unspecified atom stereocenters. The molecule has 5 nitrogen and oxygen atoms in total. The number of nitrogens with zero attached hydrogens (tertiary/aromatic N) is 2. The van der Waals surface area contributed by atoms with Gasteiger partial charge in [-0.1, -0.05) is 26.3 Å². The maximum absolute atomic E-state index is 12.8. The number of carbonyl (C=O) groups is 1. The maximum Gasteiger partial charge on any atom is 0.253 e. The van der Waals surface area contributed by atoms with E-state index in [1.165, 1.54) is 10.4 Å². The molecule has 1 fully saturated rings. The molecule has 0 atom stereocenters. The lowest BCUT2D eigenvalue weighted by Crippen LogP contribution is -2.37. The van der Waals surface area contributed by atoms with Gasteiger partial charge in [-0.25, -0.2) is 8.42 Å². The summed E-state index contributed by atoms with van der Waals surface area (Å²) in [5, 5.41) is 0. The van der Waals surface area contributed by atoms with Crippen molar-refractivity contribution in [3.63, 3.8) is 0 Å². The summed E-state index contributed by atoms with van der Waals surface area (Å²) in [4.78, 5) is 14.6. The topological polar surface area (TPSA) is 57.7 Å². The third-order valence-corrected chi connectivity index (χ3v) is 6.74. The van der Waals surface area contributed by atoms with Crippen molar-refractivity contribution in [2.24, 2.45) is 0 Å². The van der Waals surface area contributed by atoms with Gasteiger partial charge in [0.05, 0.1) is 4.90 Å². The van der Waals surface area contributed by atoms with E-state index in [0.29, 0.717) is 18.7 Å². The minimum Gasteiger partial charge on any atom is -0.339 e. The van der Waals surface area contributed by atoms with Crippen LogP contribution in [-0.2, 0) is 10.0 Å². The second-order valence-corrected chi connectivity index (χ2v) is 8.32. The SMILES string of the molecule is CCC(CC)N(C)C(=O)c1cccc(S(=O)(=O)N2CCCCC2)c1. The van der Waals surface area contributed by atoms with E-state index in [-0.39, 0.29) is 16.8 Å². The van der Waals surface area contributed by atoms with Gasteiger partial charge in [0.1, 0.15) is 0 Å². The smallest absolute Gasteiger partial charge is 0.253 e. The Morgan fingerprint density at radius 3 is 2.38 bits per heavy atom. The van der Waals surface area contributed by atoms with Gasteiger partial charge in [-0.05, 0) is 43.9 Å². The van der Waals surface area contributed by atoms with E-state index >= 15 is 0 Å². The van der Waals surface area contributed by atoms with Crippen molar-refractivity contribution in [2.75, 3.05) is 20.1 Å². The lowest BCUT2D eigenvalue weighted by Gasteiger charge is -2.27. The largest absolute Gasteiger partial charge is 0.339 e. The highest BCUT2D eigenvalue weighted by molar-refractivity contribution is 7.89. The molecule has 1 amide bonds. The van der Waals surface area contributed by atoms with Gasteiger partial charge in [0.15, 0.2) is 0 Å². The second-order valence-electron chi connectivity index (χ2n) is 6.38. The fourth-order valence-electron chi connectivity index (χ4n) is 3.25. The van der Waals surface area contributed by atoms with Crippen LogP contribution in [0.15, 0.2) is 29.2 Å². The van der Waals surface area contributed by atoms with Crippen molar-refractivity contribution in [3.05, 3.63) is 29.8 Å². The van der Waals surface area contributed by atoms with Crippen molar-refractivity contribution in [1.29, 1.82) is 0 Å². The van der Waals surface area contributed by atoms with Gasteiger partial charge in [0.2, 0.25) is 10.0 Å². The highest BCUT2D eigenvalue weighted by atomic mass is 32.2. The highest BCUT2D eigenvalue weighted by Crippen LogP contribution is 2.22. The van der Waals surface area contributed by atoms with Crippen LogP contribution in [0.3, 0.4) is 0 Å². The molecule has 0 saturated carbocycles. The molecule has 1 aliphatic rings. The predicted octanol–water partition coefficient (Wildman–Crippen LogP) is 3.12. The van der Waals surface area contributed by atoms with E-state index in [1.54, 1.807) is 30.1 Å². The van der Waals surface area contributed by atoms with Gasteiger partial charge in [-0.3, -0.25) is 4.79 Å². The molecular weight excluding hydrogens is 324 g/mol. The van der Waals surface area contributed by atoms with Crippen LogP contribution in [0.4, 0.5) is 0 Å². The first kappa shape index (κ1) is 18.9. The minimum atomic E-state index is -3.51. The summed E-state index contributed by atoms with van der Waals surface area (Å²) < 4.78 is 27.1. The van der Waals surface area contributed by atoms with Crippen LogP contribution in [0.2, 0.25) is 0 Å². The summed E-state index contributed by atoms with van der Waals surface area (Å²) >= 11 is 0. The molecule has 2 rings (SSSR count). The molecule has 134 valence electrons. The molecule has 6 heteroatoms. The van der Waals surface area contributed by atoms with Gasteiger partial charge >= 0.3 is 0 Å². The van der Waals surface area contributed by atoms with Gasteiger partial charge < -0.3 is 4.90 Å². The number of hydrogen-bond acceptors (Lipinski definition) is 3. The number of rotatable bonds is 6. The Balaban J connectivity index is 2.26. The zero-order chi connectivity index (χ0) is 17.7. The molecular formula is C18H28N2O3S. The second kappa shape index (κ2) is 8.12. The van der Waals surface area contributed by atoms with Gasteiger partial charge in [-0.2, -0.15) is 4.31 Å². The van der Waals surface area contributed by atoms with E-state index in [1.807, 2.05) is 0 Å². The average molecular weight is 353 g/mol. The first-order valence-electron chi connectivity index (χ1n) is 8.79. The summed E-state index contributed by atoms with van der Waals surface area (Å²) in [6, 6.07) is 6.62. The predicted molar refractivity (Wildman–Crippen MR) is 95.5 cm³/mol. The molecule has 0 aliphatic carbocycles. The average Bonchev–Trinajstić information content (AvgIpc) is 2.62. The van der Waals surface area contributed by atoms with Crippen LogP contribution in [-0.4, -0.2) is 49.7 Å².